The molecule has 0 fully saturated rings. The minimum Gasteiger partial charge on any atom is -0.309 e. The summed E-state index contributed by atoms with van der Waals surface area (Å²) in [6.45, 7) is 4.42. The van der Waals surface area contributed by atoms with Crippen LogP contribution in [0.5, 0.6) is 0 Å². The van der Waals surface area contributed by atoms with Crippen LogP contribution in [0.2, 0.25) is 0 Å². The smallest absolute Gasteiger partial charge is 0.228 e. The van der Waals surface area contributed by atoms with E-state index in [1.807, 2.05) is 41.9 Å². The van der Waals surface area contributed by atoms with Crippen LogP contribution in [0.1, 0.15) is 26.1 Å². The number of aromatic nitrogens is 7. The highest BCUT2D eigenvalue weighted by atomic mass is 15.3. The first-order valence-electron chi connectivity index (χ1n) is 9.06. The summed E-state index contributed by atoms with van der Waals surface area (Å²) in [5.41, 5.74) is 2.62. The Morgan fingerprint density at radius 2 is 2.04 bits per heavy atom. The maximum atomic E-state index is 4.61. The lowest BCUT2D eigenvalue weighted by molar-refractivity contribution is 0.540. The number of nitrogens with zero attached hydrogens (tertiary/aromatic N) is 7. The average Bonchev–Trinajstić information content (AvgIpc) is 3.28. The second-order valence-corrected chi connectivity index (χ2v) is 6.71. The summed E-state index contributed by atoms with van der Waals surface area (Å²) in [5.74, 6) is 2.93. The highest BCUT2D eigenvalue weighted by Crippen LogP contribution is 2.21. The van der Waals surface area contributed by atoms with E-state index in [-0.39, 0.29) is 0 Å². The number of hydrogen-bond donors (Lipinski definition) is 1. The molecule has 4 rings (SSSR count). The molecule has 0 saturated carbocycles. The Hall–Kier alpha value is -3.29. The second-order valence-electron chi connectivity index (χ2n) is 6.71. The van der Waals surface area contributed by atoms with Gasteiger partial charge in [0.15, 0.2) is 5.65 Å². The van der Waals surface area contributed by atoms with Crippen molar-refractivity contribution < 1.29 is 0 Å². The van der Waals surface area contributed by atoms with Crippen LogP contribution >= 0.6 is 0 Å². The molecule has 4 aromatic heterocycles. The molecular weight excluding hydrogens is 340 g/mol. The lowest BCUT2D eigenvalue weighted by Gasteiger charge is -2.08. The number of anilines is 2. The first-order valence-corrected chi connectivity index (χ1v) is 9.06. The highest BCUT2D eigenvalue weighted by molar-refractivity contribution is 5.65. The number of pyridine rings is 1. The van der Waals surface area contributed by atoms with Crippen molar-refractivity contribution in [3.8, 4) is 11.3 Å². The van der Waals surface area contributed by atoms with E-state index in [2.05, 4.69) is 44.4 Å². The lowest BCUT2D eigenvalue weighted by Crippen LogP contribution is -2.03. The van der Waals surface area contributed by atoms with Crippen LogP contribution in [0.15, 0.2) is 42.9 Å². The van der Waals surface area contributed by atoms with Gasteiger partial charge in [-0.15, -0.1) is 10.2 Å². The molecule has 1 atom stereocenters. The van der Waals surface area contributed by atoms with Gasteiger partial charge in [0.2, 0.25) is 5.95 Å². The van der Waals surface area contributed by atoms with Crippen molar-refractivity contribution in [1.82, 2.24) is 34.3 Å². The topological polar surface area (TPSA) is 85.8 Å². The van der Waals surface area contributed by atoms with E-state index in [4.69, 9.17) is 0 Å². The molecule has 138 valence electrons. The summed E-state index contributed by atoms with van der Waals surface area (Å²) in [5, 5.41) is 16.0. The maximum absolute atomic E-state index is 4.61. The average molecular weight is 362 g/mol. The quantitative estimate of drug-likeness (QED) is 0.567. The van der Waals surface area contributed by atoms with Crippen molar-refractivity contribution in [2.45, 2.75) is 26.7 Å². The summed E-state index contributed by atoms with van der Waals surface area (Å²) in [6, 6.07) is 7.80. The van der Waals surface area contributed by atoms with Gasteiger partial charge in [-0.25, -0.2) is 9.97 Å². The summed E-state index contributed by atoms with van der Waals surface area (Å²) < 4.78 is 3.78. The fourth-order valence-electron chi connectivity index (χ4n) is 2.89. The molecule has 0 spiro atoms. The monoisotopic (exact) mass is 362 g/mol. The summed E-state index contributed by atoms with van der Waals surface area (Å²) >= 11 is 0. The third-order valence-corrected chi connectivity index (χ3v) is 4.72. The standard InChI is InChI=1S/C19H22N8/c1-4-13(2)11-17-24-25-18-12-14(7-10-27(17)18)15-5-8-20-19(22-15)23-16-6-9-21-26(16)3/h5-10,12-13H,4,11H2,1-3H3,(H,20,22,23). The van der Waals surface area contributed by atoms with E-state index < -0.39 is 0 Å². The maximum Gasteiger partial charge on any atom is 0.228 e. The van der Waals surface area contributed by atoms with Crippen LogP contribution in [0.25, 0.3) is 16.9 Å². The number of nitrogens with one attached hydrogen (secondary N) is 1. The van der Waals surface area contributed by atoms with E-state index >= 15 is 0 Å². The SMILES string of the molecule is CCC(C)Cc1nnc2cc(-c3ccnc(Nc4ccnn4C)n3)ccn12. The molecular formula is C19H22N8. The summed E-state index contributed by atoms with van der Waals surface area (Å²) in [4.78, 5) is 8.91. The number of rotatable bonds is 6. The van der Waals surface area contributed by atoms with Crippen LogP contribution in [0, 0.1) is 5.92 Å². The van der Waals surface area contributed by atoms with Crippen molar-refractivity contribution >= 4 is 17.4 Å². The summed E-state index contributed by atoms with van der Waals surface area (Å²) in [7, 11) is 1.86. The Balaban J connectivity index is 1.62. The van der Waals surface area contributed by atoms with Crippen molar-refractivity contribution in [2.75, 3.05) is 5.32 Å². The molecule has 0 amide bonds. The molecule has 8 nitrogen and oxygen atoms in total. The van der Waals surface area contributed by atoms with Crippen LogP contribution in [-0.4, -0.2) is 34.3 Å². The molecule has 8 heteroatoms. The van der Waals surface area contributed by atoms with Gasteiger partial charge in [-0.1, -0.05) is 20.3 Å². The van der Waals surface area contributed by atoms with Crippen molar-refractivity contribution in [2.24, 2.45) is 13.0 Å². The Labute approximate surface area is 157 Å². The van der Waals surface area contributed by atoms with Crippen LogP contribution < -0.4 is 5.32 Å². The van der Waals surface area contributed by atoms with Gasteiger partial charge in [0.05, 0.1) is 11.9 Å². The zero-order chi connectivity index (χ0) is 18.8. The Morgan fingerprint density at radius 3 is 2.81 bits per heavy atom. The Morgan fingerprint density at radius 1 is 1.15 bits per heavy atom. The largest absolute Gasteiger partial charge is 0.309 e. The number of hydrogen-bond acceptors (Lipinski definition) is 6. The minimum atomic E-state index is 0.523. The van der Waals surface area contributed by atoms with Gasteiger partial charge in [-0.2, -0.15) is 5.10 Å². The van der Waals surface area contributed by atoms with E-state index in [0.29, 0.717) is 11.9 Å². The second kappa shape index (κ2) is 7.14. The van der Waals surface area contributed by atoms with E-state index in [1.54, 1.807) is 17.1 Å². The molecule has 0 aliphatic heterocycles. The van der Waals surface area contributed by atoms with Gasteiger partial charge in [-0.05, 0) is 24.1 Å². The van der Waals surface area contributed by atoms with Gasteiger partial charge in [0, 0.05) is 37.5 Å². The highest BCUT2D eigenvalue weighted by Gasteiger charge is 2.11. The molecule has 0 aromatic carbocycles. The van der Waals surface area contributed by atoms with Crippen LogP contribution in [0.3, 0.4) is 0 Å². The number of aryl methyl sites for hydroxylation is 1. The van der Waals surface area contributed by atoms with E-state index in [9.17, 15) is 0 Å². The predicted molar refractivity (Wildman–Crippen MR) is 104 cm³/mol. The zero-order valence-electron chi connectivity index (χ0n) is 15.7. The molecule has 0 aliphatic carbocycles. The minimum absolute atomic E-state index is 0.523. The van der Waals surface area contributed by atoms with Crippen molar-refractivity contribution in [3.63, 3.8) is 0 Å². The van der Waals surface area contributed by atoms with E-state index in [0.717, 1.165) is 41.4 Å². The molecule has 0 radical (unpaired) electrons. The van der Waals surface area contributed by atoms with Gasteiger partial charge in [0.1, 0.15) is 11.6 Å². The fourth-order valence-corrected chi connectivity index (χ4v) is 2.89. The Kier molecular flexibility index (Phi) is 4.53. The van der Waals surface area contributed by atoms with Crippen LogP contribution in [-0.2, 0) is 13.5 Å². The molecule has 27 heavy (non-hydrogen) atoms. The van der Waals surface area contributed by atoms with Gasteiger partial charge in [0.25, 0.3) is 0 Å². The van der Waals surface area contributed by atoms with Crippen molar-refractivity contribution in [1.29, 1.82) is 0 Å². The Bertz CT molecular complexity index is 1060. The molecule has 0 aliphatic rings. The first-order chi connectivity index (χ1) is 13.1. The zero-order valence-corrected chi connectivity index (χ0v) is 15.7. The van der Waals surface area contributed by atoms with Crippen LogP contribution in [0.4, 0.5) is 11.8 Å². The molecule has 0 bridgehead atoms. The van der Waals surface area contributed by atoms with Gasteiger partial charge in [-0.3, -0.25) is 9.08 Å². The normalized spacial score (nSPS) is 12.4. The van der Waals surface area contributed by atoms with Crippen molar-refractivity contribution in [3.05, 3.63) is 48.7 Å². The summed E-state index contributed by atoms with van der Waals surface area (Å²) in [6.07, 6.45) is 7.52. The first kappa shape index (κ1) is 17.1. The predicted octanol–water partition coefficient (Wildman–Crippen LogP) is 3.25. The van der Waals surface area contributed by atoms with Gasteiger partial charge < -0.3 is 5.32 Å². The number of fused-ring (bicyclic) bond motifs is 1. The molecule has 4 heterocycles. The third kappa shape index (κ3) is 3.51. The third-order valence-electron chi connectivity index (χ3n) is 4.72. The molecule has 0 saturated heterocycles. The molecule has 1 N–H and O–H groups in total. The van der Waals surface area contributed by atoms with Gasteiger partial charge >= 0.3 is 0 Å². The van der Waals surface area contributed by atoms with E-state index in [1.165, 1.54) is 0 Å². The fraction of sp³-hybridized carbons (Fsp3) is 0.316. The molecule has 4 aromatic rings. The molecule has 1 unspecified atom stereocenters. The lowest BCUT2D eigenvalue weighted by atomic mass is 10.1.